The molecule has 172 valence electrons. The molecule has 2 unspecified atom stereocenters. The Morgan fingerprint density at radius 2 is 1.88 bits per heavy atom. The zero-order chi connectivity index (χ0) is 23.7. The molecule has 1 aliphatic heterocycles. The SMILES string of the molecule is CC1Oc2ccc(C(Cc3ccc(S(N)(=O)=O)cc3)NC(=O)OC(C)(C)C)cc2NC1=O. The van der Waals surface area contributed by atoms with E-state index < -0.39 is 33.9 Å². The maximum absolute atomic E-state index is 12.5. The van der Waals surface area contributed by atoms with Gasteiger partial charge in [0.05, 0.1) is 16.6 Å². The van der Waals surface area contributed by atoms with E-state index in [4.69, 9.17) is 14.6 Å². The van der Waals surface area contributed by atoms with Crippen LogP contribution in [-0.4, -0.2) is 32.1 Å². The summed E-state index contributed by atoms with van der Waals surface area (Å²) < 4.78 is 34.0. The number of carbonyl (C=O) groups excluding carboxylic acids is 2. The van der Waals surface area contributed by atoms with Gasteiger partial charge in [-0.05, 0) is 69.5 Å². The quantitative estimate of drug-likeness (QED) is 0.626. The van der Waals surface area contributed by atoms with Crippen molar-refractivity contribution in [2.45, 2.75) is 56.8 Å². The van der Waals surface area contributed by atoms with Crippen LogP contribution in [0, 0.1) is 0 Å². The first kappa shape index (κ1) is 23.6. The average molecular weight is 462 g/mol. The minimum atomic E-state index is -3.80. The minimum absolute atomic E-state index is 0.000614. The van der Waals surface area contributed by atoms with Gasteiger partial charge >= 0.3 is 6.09 Å². The molecular weight excluding hydrogens is 434 g/mol. The molecule has 9 nitrogen and oxygen atoms in total. The smallest absolute Gasteiger partial charge is 0.408 e. The normalized spacial score (nSPS) is 16.9. The Hall–Kier alpha value is -3.11. The first-order chi connectivity index (χ1) is 14.8. The van der Waals surface area contributed by atoms with E-state index >= 15 is 0 Å². The highest BCUT2D eigenvalue weighted by molar-refractivity contribution is 7.89. The lowest BCUT2D eigenvalue weighted by Gasteiger charge is -2.27. The van der Waals surface area contributed by atoms with Crippen LogP contribution >= 0.6 is 0 Å². The number of sulfonamides is 1. The molecule has 3 rings (SSSR count). The molecule has 0 saturated carbocycles. The number of hydrogen-bond acceptors (Lipinski definition) is 6. The lowest BCUT2D eigenvalue weighted by atomic mass is 9.98. The summed E-state index contributed by atoms with van der Waals surface area (Å²) in [6.07, 6.45) is -0.856. The number of amides is 2. The van der Waals surface area contributed by atoms with E-state index in [2.05, 4.69) is 10.6 Å². The van der Waals surface area contributed by atoms with Gasteiger partial charge in [0, 0.05) is 0 Å². The summed E-state index contributed by atoms with van der Waals surface area (Å²) in [6.45, 7) is 6.95. The van der Waals surface area contributed by atoms with E-state index in [1.807, 2.05) is 0 Å². The predicted molar refractivity (Wildman–Crippen MR) is 119 cm³/mol. The van der Waals surface area contributed by atoms with Gasteiger partial charge in [-0.3, -0.25) is 4.79 Å². The second-order valence-electron chi connectivity index (χ2n) is 8.60. The number of rotatable bonds is 5. The molecule has 2 aromatic carbocycles. The molecule has 10 heteroatoms. The number of nitrogens with one attached hydrogen (secondary N) is 2. The average Bonchev–Trinajstić information content (AvgIpc) is 2.66. The summed E-state index contributed by atoms with van der Waals surface area (Å²) in [4.78, 5) is 24.5. The van der Waals surface area contributed by atoms with Gasteiger partial charge in [-0.25, -0.2) is 18.4 Å². The highest BCUT2D eigenvalue weighted by atomic mass is 32.2. The van der Waals surface area contributed by atoms with Crippen molar-refractivity contribution in [1.29, 1.82) is 0 Å². The van der Waals surface area contributed by atoms with Gasteiger partial charge in [0.1, 0.15) is 11.4 Å². The number of primary sulfonamides is 1. The van der Waals surface area contributed by atoms with Gasteiger partial charge in [0.15, 0.2) is 6.10 Å². The van der Waals surface area contributed by atoms with E-state index in [-0.39, 0.29) is 10.8 Å². The maximum atomic E-state index is 12.5. The van der Waals surface area contributed by atoms with Crippen molar-refractivity contribution in [2.24, 2.45) is 5.14 Å². The molecule has 0 bridgehead atoms. The number of nitrogens with two attached hydrogens (primary N) is 1. The lowest BCUT2D eigenvalue weighted by Crippen LogP contribution is -2.36. The van der Waals surface area contributed by atoms with Crippen molar-refractivity contribution < 1.29 is 27.5 Å². The molecular formula is C22H27N3O6S. The topological polar surface area (TPSA) is 137 Å². The van der Waals surface area contributed by atoms with Gasteiger partial charge in [0.25, 0.3) is 5.91 Å². The first-order valence-corrected chi connectivity index (χ1v) is 11.6. The van der Waals surface area contributed by atoms with E-state index in [0.717, 1.165) is 5.56 Å². The standard InChI is InChI=1S/C22H27N3O6S/c1-13-20(26)24-18-12-15(7-10-19(18)30-13)17(25-21(27)31-22(2,3)4)11-14-5-8-16(9-6-14)32(23,28)29/h5-10,12-13,17H,11H2,1-4H3,(H,24,26)(H,25,27)(H2,23,28,29). The summed E-state index contributed by atoms with van der Waals surface area (Å²) >= 11 is 0. The molecule has 1 heterocycles. The number of alkyl carbamates (subject to hydrolysis) is 1. The van der Waals surface area contributed by atoms with E-state index in [0.29, 0.717) is 23.4 Å². The summed E-state index contributed by atoms with van der Waals surface area (Å²) in [5, 5.41) is 10.8. The molecule has 32 heavy (non-hydrogen) atoms. The fraction of sp³-hybridized carbons (Fsp3) is 0.364. The first-order valence-electron chi connectivity index (χ1n) is 10.0. The van der Waals surface area contributed by atoms with E-state index in [1.54, 1.807) is 58.0 Å². The lowest BCUT2D eigenvalue weighted by molar-refractivity contribution is -0.122. The Kier molecular flexibility index (Phi) is 6.47. The van der Waals surface area contributed by atoms with Gasteiger partial charge in [-0.15, -0.1) is 0 Å². The number of fused-ring (bicyclic) bond motifs is 1. The van der Waals surface area contributed by atoms with Crippen molar-refractivity contribution >= 4 is 27.7 Å². The van der Waals surface area contributed by atoms with Gasteiger partial charge < -0.3 is 20.1 Å². The molecule has 2 atom stereocenters. The van der Waals surface area contributed by atoms with Crippen LogP contribution in [0.25, 0.3) is 0 Å². The molecule has 0 spiro atoms. The van der Waals surface area contributed by atoms with Crippen LogP contribution in [0.2, 0.25) is 0 Å². The number of anilines is 1. The molecule has 1 aliphatic rings. The third-order valence-electron chi connectivity index (χ3n) is 4.72. The van der Waals surface area contributed by atoms with Crippen LogP contribution < -0.4 is 20.5 Å². The zero-order valence-corrected chi connectivity index (χ0v) is 19.2. The Morgan fingerprint density at radius 1 is 1.22 bits per heavy atom. The van der Waals surface area contributed by atoms with Crippen LogP contribution in [0.15, 0.2) is 47.4 Å². The molecule has 0 aliphatic carbocycles. The van der Waals surface area contributed by atoms with Crippen molar-refractivity contribution in [1.82, 2.24) is 5.32 Å². The fourth-order valence-corrected chi connectivity index (χ4v) is 3.71. The second kappa shape index (κ2) is 8.79. The monoisotopic (exact) mass is 461 g/mol. The number of benzene rings is 2. The molecule has 2 aromatic rings. The number of hydrogen-bond donors (Lipinski definition) is 3. The Morgan fingerprint density at radius 3 is 2.47 bits per heavy atom. The fourth-order valence-electron chi connectivity index (χ4n) is 3.20. The highest BCUT2D eigenvalue weighted by Crippen LogP contribution is 2.33. The largest absolute Gasteiger partial charge is 0.479 e. The van der Waals surface area contributed by atoms with Crippen LogP contribution in [-0.2, 0) is 26.0 Å². The number of carbonyl (C=O) groups is 2. The van der Waals surface area contributed by atoms with Crippen molar-refractivity contribution in [3.8, 4) is 5.75 Å². The van der Waals surface area contributed by atoms with Crippen LogP contribution in [0.5, 0.6) is 5.75 Å². The van der Waals surface area contributed by atoms with Crippen molar-refractivity contribution in [2.75, 3.05) is 5.32 Å². The van der Waals surface area contributed by atoms with E-state index in [9.17, 15) is 18.0 Å². The summed E-state index contributed by atoms with van der Waals surface area (Å²) in [7, 11) is -3.80. The molecule has 4 N–H and O–H groups in total. The summed E-state index contributed by atoms with van der Waals surface area (Å²) in [5.41, 5.74) is 1.30. The summed E-state index contributed by atoms with van der Waals surface area (Å²) in [6, 6.07) is 10.8. The van der Waals surface area contributed by atoms with E-state index in [1.165, 1.54) is 12.1 Å². The molecule has 0 saturated heterocycles. The Labute approximate surface area is 187 Å². The second-order valence-corrected chi connectivity index (χ2v) is 10.2. The molecule has 0 aromatic heterocycles. The zero-order valence-electron chi connectivity index (χ0n) is 18.3. The van der Waals surface area contributed by atoms with Crippen LogP contribution in [0.3, 0.4) is 0 Å². The number of ether oxygens (including phenoxy) is 2. The van der Waals surface area contributed by atoms with Crippen molar-refractivity contribution in [3.63, 3.8) is 0 Å². The molecule has 0 fully saturated rings. The minimum Gasteiger partial charge on any atom is -0.479 e. The Balaban J connectivity index is 1.90. The maximum Gasteiger partial charge on any atom is 0.408 e. The summed E-state index contributed by atoms with van der Waals surface area (Å²) in [5.74, 6) is 0.277. The highest BCUT2D eigenvalue weighted by Gasteiger charge is 2.26. The van der Waals surface area contributed by atoms with Crippen LogP contribution in [0.4, 0.5) is 10.5 Å². The van der Waals surface area contributed by atoms with Crippen LogP contribution in [0.1, 0.15) is 44.9 Å². The third kappa shape index (κ3) is 5.98. The molecule has 2 amide bonds. The van der Waals surface area contributed by atoms with Gasteiger partial charge in [0.2, 0.25) is 10.0 Å². The third-order valence-corrected chi connectivity index (χ3v) is 5.65. The van der Waals surface area contributed by atoms with Gasteiger partial charge in [-0.2, -0.15) is 0 Å². The Bertz CT molecular complexity index is 1120. The van der Waals surface area contributed by atoms with Gasteiger partial charge in [-0.1, -0.05) is 18.2 Å². The predicted octanol–water partition coefficient (Wildman–Crippen LogP) is 2.86. The molecule has 0 radical (unpaired) electrons. The van der Waals surface area contributed by atoms with Crippen molar-refractivity contribution in [3.05, 3.63) is 53.6 Å².